The maximum Gasteiger partial charge on any atom is 0.243 e. The van der Waals surface area contributed by atoms with Gasteiger partial charge in [-0.15, -0.1) is 0 Å². The van der Waals surface area contributed by atoms with Crippen LogP contribution in [0.3, 0.4) is 0 Å². The van der Waals surface area contributed by atoms with Crippen LogP contribution in [0.4, 0.5) is 0 Å². The van der Waals surface area contributed by atoms with Crippen LogP contribution in [-0.4, -0.2) is 42.9 Å². The molecule has 1 rings (SSSR count). The lowest BCUT2D eigenvalue weighted by Gasteiger charge is -2.49. The molecule has 0 aromatic rings. The summed E-state index contributed by atoms with van der Waals surface area (Å²) in [5, 5.41) is 12.8. The highest BCUT2D eigenvalue weighted by atomic mass is 16.5. The number of hydrogen-bond donors (Lipinski definition) is 3. The van der Waals surface area contributed by atoms with E-state index in [2.05, 4.69) is 5.32 Å². The van der Waals surface area contributed by atoms with Crippen molar-refractivity contribution in [2.75, 3.05) is 19.8 Å². The van der Waals surface area contributed by atoms with Crippen LogP contribution in [0.1, 0.15) is 20.3 Å². The Hall–Kier alpha value is -0.650. The SMILES string of the molecule is CC1(C)C(O)CC1NCCOCC(N)=O. The van der Waals surface area contributed by atoms with Crippen LogP contribution in [0.15, 0.2) is 0 Å². The predicted octanol–water partition coefficient (Wildman–Crippen LogP) is -0.763. The van der Waals surface area contributed by atoms with Crippen LogP contribution >= 0.6 is 0 Å². The third-order valence-electron chi connectivity index (χ3n) is 3.10. The summed E-state index contributed by atoms with van der Waals surface area (Å²) in [6, 6.07) is 0.324. The van der Waals surface area contributed by atoms with Gasteiger partial charge in [0.1, 0.15) is 6.61 Å². The van der Waals surface area contributed by atoms with Crippen molar-refractivity contribution in [1.82, 2.24) is 5.32 Å². The first-order valence-corrected chi connectivity index (χ1v) is 5.22. The van der Waals surface area contributed by atoms with E-state index in [-0.39, 0.29) is 18.1 Å². The number of rotatable bonds is 6. The maximum absolute atomic E-state index is 10.4. The number of ether oxygens (including phenoxy) is 1. The van der Waals surface area contributed by atoms with Gasteiger partial charge in [0, 0.05) is 18.0 Å². The molecule has 1 aliphatic rings. The molecule has 0 spiro atoms. The Morgan fingerprint density at radius 1 is 1.67 bits per heavy atom. The smallest absolute Gasteiger partial charge is 0.243 e. The molecule has 0 aliphatic heterocycles. The van der Waals surface area contributed by atoms with E-state index >= 15 is 0 Å². The molecular formula is C10H20N2O3. The quantitative estimate of drug-likeness (QED) is 0.509. The maximum atomic E-state index is 10.4. The molecular weight excluding hydrogens is 196 g/mol. The van der Waals surface area contributed by atoms with Crippen LogP contribution < -0.4 is 11.1 Å². The van der Waals surface area contributed by atoms with Crippen molar-refractivity contribution in [1.29, 1.82) is 0 Å². The van der Waals surface area contributed by atoms with Gasteiger partial charge >= 0.3 is 0 Å². The average Bonchev–Trinajstić information content (AvgIpc) is 2.15. The van der Waals surface area contributed by atoms with Crippen molar-refractivity contribution in [3.05, 3.63) is 0 Å². The van der Waals surface area contributed by atoms with Gasteiger partial charge in [-0.05, 0) is 6.42 Å². The Balaban J connectivity index is 2.04. The lowest BCUT2D eigenvalue weighted by atomic mass is 9.64. The number of aliphatic hydroxyl groups excluding tert-OH is 1. The highest BCUT2D eigenvalue weighted by molar-refractivity contribution is 5.74. The van der Waals surface area contributed by atoms with E-state index in [9.17, 15) is 9.90 Å². The molecule has 0 saturated heterocycles. The van der Waals surface area contributed by atoms with Gasteiger partial charge in [0.2, 0.25) is 5.91 Å². The predicted molar refractivity (Wildman–Crippen MR) is 56.2 cm³/mol. The number of carbonyl (C=O) groups is 1. The third kappa shape index (κ3) is 3.15. The standard InChI is InChI=1S/C10H20N2O3/c1-10(2)7(5-8(10)13)12-3-4-15-6-9(11)14/h7-8,12-13H,3-6H2,1-2H3,(H2,11,14). The van der Waals surface area contributed by atoms with Gasteiger partial charge in [-0.3, -0.25) is 4.79 Å². The molecule has 5 nitrogen and oxygen atoms in total. The molecule has 2 unspecified atom stereocenters. The number of carbonyl (C=O) groups excluding carboxylic acids is 1. The van der Waals surface area contributed by atoms with Crippen molar-refractivity contribution in [3.8, 4) is 0 Å². The lowest BCUT2D eigenvalue weighted by Crippen LogP contribution is -2.60. The average molecular weight is 216 g/mol. The van der Waals surface area contributed by atoms with E-state index in [0.29, 0.717) is 19.2 Å². The van der Waals surface area contributed by atoms with E-state index in [1.165, 1.54) is 0 Å². The molecule has 4 N–H and O–H groups in total. The molecule has 5 heteroatoms. The molecule has 1 saturated carbocycles. The summed E-state index contributed by atoms with van der Waals surface area (Å²) in [7, 11) is 0. The number of amides is 1. The molecule has 2 atom stereocenters. The van der Waals surface area contributed by atoms with Gasteiger partial charge < -0.3 is 20.9 Å². The molecule has 0 aromatic heterocycles. The second kappa shape index (κ2) is 4.92. The Morgan fingerprint density at radius 3 is 2.80 bits per heavy atom. The fourth-order valence-corrected chi connectivity index (χ4v) is 1.73. The van der Waals surface area contributed by atoms with Crippen molar-refractivity contribution >= 4 is 5.91 Å². The highest BCUT2D eigenvalue weighted by Gasteiger charge is 2.46. The first kappa shape index (κ1) is 12.4. The Morgan fingerprint density at radius 2 is 2.33 bits per heavy atom. The lowest BCUT2D eigenvalue weighted by molar-refractivity contribution is -0.122. The minimum Gasteiger partial charge on any atom is -0.392 e. The Labute approximate surface area is 90.0 Å². The first-order chi connectivity index (χ1) is 6.94. The van der Waals surface area contributed by atoms with Crippen LogP contribution in [-0.2, 0) is 9.53 Å². The first-order valence-electron chi connectivity index (χ1n) is 5.22. The molecule has 0 radical (unpaired) electrons. The van der Waals surface area contributed by atoms with Crippen LogP contribution in [0.25, 0.3) is 0 Å². The number of hydrogen-bond acceptors (Lipinski definition) is 4. The fourth-order valence-electron chi connectivity index (χ4n) is 1.73. The molecule has 88 valence electrons. The van der Waals surface area contributed by atoms with Gasteiger partial charge in [0.25, 0.3) is 0 Å². The van der Waals surface area contributed by atoms with Crippen LogP contribution in [0, 0.1) is 5.41 Å². The Bertz CT molecular complexity index is 231. The summed E-state index contributed by atoms with van der Waals surface area (Å²) in [5.74, 6) is -0.450. The normalized spacial score (nSPS) is 28.5. The van der Waals surface area contributed by atoms with Crippen LogP contribution in [0.5, 0.6) is 0 Å². The zero-order valence-corrected chi connectivity index (χ0v) is 9.32. The van der Waals surface area contributed by atoms with Crippen LogP contribution in [0.2, 0.25) is 0 Å². The summed E-state index contributed by atoms with van der Waals surface area (Å²) in [4.78, 5) is 10.4. The Kier molecular flexibility index (Phi) is 4.07. The van der Waals surface area contributed by atoms with Gasteiger partial charge in [-0.1, -0.05) is 13.8 Å². The molecule has 1 aliphatic carbocycles. The molecule has 0 heterocycles. The van der Waals surface area contributed by atoms with E-state index in [0.717, 1.165) is 6.42 Å². The molecule has 15 heavy (non-hydrogen) atoms. The minimum atomic E-state index is -0.450. The zero-order valence-electron chi connectivity index (χ0n) is 9.32. The summed E-state index contributed by atoms with van der Waals surface area (Å²) < 4.78 is 5.01. The number of primary amides is 1. The number of nitrogens with two attached hydrogens (primary N) is 1. The molecule has 0 bridgehead atoms. The molecule has 1 amide bonds. The van der Waals surface area contributed by atoms with Gasteiger partial charge in [-0.2, -0.15) is 0 Å². The summed E-state index contributed by atoms with van der Waals surface area (Å²) in [6.07, 6.45) is 0.560. The zero-order chi connectivity index (χ0) is 11.5. The fraction of sp³-hybridized carbons (Fsp3) is 0.900. The second-order valence-corrected chi connectivity index (χ2v) is 4.60. The van der Waals surface area contributed by atoms with Crippen molar-refractivity contribution in [2.45, 2.75) is 32.4 Å². The van der Waals surface area contributed by atoms with E-state index in [1.54, 1.807) is 0 Å². The van der Waals surface area contributed by atoms with Gasteiger partial charge in [0.15, 0.2) is 0 Å². The second-order valence-electron chi connectivity index (χ2n) is 4.60. The monoisotopic (exact) mass is 216 g/mol. The molecule has 1 fully saturated rings. The highest BCUT2D eigenvalue weighted by Crippen LogP contribution is 2.40. The van der Waals surface area contributed by atoms with Crippen molar-refractivity contribution in [2.24, 2.45) is 11.1 Å². The van der Waals surface area contributed by atoms with E-state index in [1.807, 2.05) is 13.8 Å². The topological polar surface area (TPSA) is 84.6 Å². The number of aliphatic hydroxyl groups is 1. The van der Waals surface area contributed by atoms with E-state index in [4.69, 9.17) is 10.5 Å². The van der Waals surface area contributed by atoms with Gasteiger partial charge in [0.05, 0.1) is 12.7 Å². The van der Waals surface area contributed by atoms with Crippen molar-refractivity contribution in [3.63, 3.8) is 0 Å². The number of nitrogens with one attached hydrogen (secondary N) is 1. The summed E-state index contributed by atoms with van der Waals surface area (Å²) >= 11 is 0. The minimum absolute atomic E-state index is 0.0294. The summed E-state index contributed by atoms with van der Waals surface area (Å²) in [6.45, 7) is 5.17. The largest absolute Gasteiger partial charge is 0.392 e. The third-order valence-corrected chi connectivity index (χ3v) is 3.10. The van der Waals surface area contributed by atoms with E-state index < -0.39 is 5.91 Å². The molecule has 0 aromatic carbocycles. The summed E-state index contributed by atoms with van der Waals surface area (Å²) in [5.41, 5.74) is 4.85. The van der Waals surface area contributed by atoms with Gasteiger partial charge in [-0.25, -0.2) is 0 Å². The van der Waals surface area contributed by atoms with Crippen molar-refractivity contribution < 1.29 is 14.6 Å².